The highest BCUT2D eigenvalue weighted by molar-refractivity contribution is 7.89. The van der Waals surface area contributed by atoms with Crippen LogP contribution in [0.4, 0.5) is 0 Å². The van der Waals surface area contributed by atoms with Gasteiger partial charge in [0.2, 0.25) is 10.0 Å². The fourth-order valence-electron chi connectivity index (χ4n) is 3.30. The quantitative estimate of drug-likeness (QED) is 0.388. The Hall–Kier alpha value is -2.72. The van der Waals surface area contributed by atoms with Crippen LogP contribution in [0.3, 0.4) is 0 Å². The number of thiophene rings is 1. The highest BCUT2D eigenvalue weighted by Crippen LogP contribution is 2.39. The smallest absolute Gasteiger partial charge is 0.266 e. The van der Waals surface area contributed by atoms with Gasteiger partial charge in [-0.3, -0.25) is 4.79 Å². The second kappa shape index (κ2) is 7.27. The Labute approximate surface area is 170 Å². The molecule has 0 fully saturated rings. The number of pyridine rings is 1. The van der Waals surface area contributed by atoms with Gasteiger partial charge in [0.05, 0.1) is 11.5 Å². The van der Waals surface area contributed by atoms with Crippen LogP contribution in [-0.4, -0.2) is 36.3 Å². The average Bonchev–Trinajstić information content (AvgIpc) is 3.19. The van der Waals surface area contributed by atoms with Gasteiger partial charge >= 0.3 is 0 Å². The average molecular weight is 431 g/mol. The number of phenolic OH excluding ortho intramolecular Hbond substituents is 1. The van der Waals surface area contributed by atoms with Crippen LogP contribution in [-0.2, 0) is 10.0 Å². The Balaban J connectivity index is 1.89. The number of aliphatic hydroxyl groups is 1. The van der Waals surface area contributed by atoms with Crippen LogP contribution in [0, 0.1) is 0 Å². The van der Waals surface area contributed by atoms with Crippen LogP contribution in [0.5, 0.6) is 5.75 Å². The topological polar surface area (TPSA) is 119 Å². The first kappa shape index (κ1) is 19.6. The van der Waals surface area contributed by atoms with Gasteiger partial charge in [-0.15, -0.1) is 11.3 Å². The standard InChI is InChI=1S/C20H18N2O5S2/c1-11(10-23)22-29(26,27)13-4-2-12(3-5-13)17-16(24)7-6-15-18(17)14-8-9-28-19(14)20(25)21-15/h2-9,11,22-24H,10H2,1H3,(H,21,25). The van der Waals surface area contributed by atoms with Crippen molar-refractivity contribution in [1.29, 1.82) is 0 Å². The second-order valence-corrected chi connectivity index (χ2v) is 9.36. The second-order valence-electron chi connectivity index (χ2n) is 6.73. The number of nitrogens with one attached hydrogen (secondary N) is 2. The molecule has 4 aromatic rings. The van der Waals surface area contributed by atoms with Crippen molar-refractivity contribution in [2.45, 2.75) is 17.9 Å². The number of fused-ring (bicyclic) bond motifs is 3. The third kappa shape index (κ3) is 3.42. The van der Waals surface area contributed by atoms with E-state index >= 15 is 0 Å². The van der Waals surface area contributed by atoms with Gasteiger partial charge in [0.25, 0.3) is 5.56 Å². The maximum Gasteiger partial charge on any atom is 0.266 e. The summed E-state index contributed by atoms with van der Waals surface area (Å²) in [5.41, 5.74) is 1.53. The number of sulfonamides is 1. The first-order chi connectivity index (χ1) is 13.8. The van der Waals surface area contributed by atoms with Gasteiger partial charge < -0.3 is 15.2 Å². The molecule has 4 rings (SSSR count). The number of benzene rings is 2. The third-order valence-electron chi connectivity index (χ3n) is 4.66. The van der Waals surface area contributed by atoms with Crippen LogP contribution in [0.1, 0.15) is 6.92 Å². The summed E-state index contributed by atoms with van der Waals surface area (Å²) in [6.45, 7) is 1.25. The molecule has 0 amide bonds. The largest absolute Gasteiger partial charge is 0.507 e. The summed E-state index contributed by atoms with van der Waals surface area (Å²) in [5, 5.41) is 22.9. The van der Waals surface area contributed by atoms with E-state index in [0.717, 1.165) is 5.39 Å². The molecular weight excluding hydrogens is 412 g/mol. The molecule has 0 bridgehead atoms. The van der Waals surface area contributed by atoms with Gasteiger partial charge in [-0.1, -0.05) is 12.1 Å². The third-order valence-corrected chi connectivity index (χ3v) is 7.17. The molecule has 4 N–H and O–H groups in total. The molecule has 0 radical (unpaired) electrons. The number of H-pyrrole nitrogens is 1. The minimum absolute atomic E-state index is 0.0275. The van der Waals surface area contributed by atoms with Crippen molar-refractivity contribution in [2.24, 2.45) is 0 Å². The molecule has 0 aliphatic carbocycles. The van der Waals surface area contributed by atoms with E-state index in [-0.39, 0.29) is 22.8 Å². The summed E-state index contributed by atoms with van der Waals surface area (Å²) < 4.78 is 27.7. The van der Waals surface area contributed by atoms with Gasteiger partial charge in [0.15, 0.2) is 0 Å². The molecule has 0 saturated heterocycles. The lowest BCUT2D eigenvalue weighted by Crippen LogP contribution is -2.34. The fourth-order valence-corrected chi connectivity index (χ4v) is 5.33. The summed E-state index contributed by atoms with van der Waals surface area (Å²) in [5.74, 6) is 0.0275. The number of aromatic hydroxyl groups is 1. The van der Waals surface area contributed by atoms with Crippen LogP contribution in [0.25, 0.3) is 32.1 Å². The molecule has 2 aromatic heterocycles. The molecule has 1 unspecified atom stereocenters. The lowest BCUT2D eigenvalue weighted by atomic mass is 9.97. The van der Waals surface area contributed by atoms with E-state index in [9.17, 15) is 18.3 Å². The Morgan fingerprint density at radius 2 is 1.86 bits per heavy atom. The molecule has 0 saturated carbocycles. The Kier molecular flexibility index (Phi) is 4.91. The van der Waals surface area contributed by atoms with Crippen LogP contribution in [0.2, 0.25) is 0 Å². The molecular formula is C20H18N2O5S2. The fraction of sp³-hybridized carbons (Fsp3) is 0.150. The zero-order valence-corrected chi connectivity index (χ0v) is 17.0. The minimum Gasteiger partial charge on any atom is -0.507 e. The van der Waals surface area contributed by atoms with Gasteiger partial charge in [0.1, 0.15) is 10.4 Å². The Morgan fingerprint density at radius 1 is 1.14 bits per heavy atom. The summed E-state index contributed by atoms with van der Waals surface area (Å²) in [7, 11) is -3.77. The van der Waals surface area contributed by atoms with Crippen molar-refractivity contribution in [2.75, 3.05) is 6.61 Å². The lowest BCUT2D eigenvalue weighted by molar-refractivity contribution is 0.265. The van der Waals surface area contributed by atoms with Gasteiger partial charge in [0, 0.05) is 27.9 Å². The zero-order valence-electron chi connectivity index (χ0n) is 15.3. The predicted octanol–water partition coefficient (Wildman–Crippen LogP) is 2.77. The number of aromatic nitrogens is 1. The first-order valence-corrected chi connectivity index (χ1v) is 11.2. The van der Waals surface area contributed by atoms with Gasteiger partial charge in [-0.2, -0.15) is 0 Å². The van der Waals surface area contributed by atoms with E-state index in [1.807, 2.05) is 11.4 Å². The Bertz CT molecular complexity index is 1370. The summed E-state index contributed by atoms with van der Waals surface area (Å²) in [4.78, 5) is 15.1. The number of hydrogen-bond acceptors (Lipinski definition) is 6. The molecule has 9 heteroatoms. The highest BCUT2D eigenvalue weighted by atomic mass is 32.2. The SMILES string of the molecule is CC(CO)NS(=O)(=O)c1ccc(-c2c(O)ccc3[nH]c(=O)c4sccc4c23)cc1. The molecule has 150 valence electrons. The molecule has 0 aliphatic rings. The maximum absolute atomic E-state index is 12.4. The van der Waals surface area contributed by atoms with Crippen LogP contribution >= 0.6 is 11.3 Å². The van der Waals surface area contributed by atoms with E-state index in [1.165, 1.54) is 29.5 Å². The van der Waals surface area contributed by atoms with E-state index in [0.29, 0.717) is 26.7 Å². The molecule has 2 aromatic carbocycles. The first-order valence-electron chi connectivity index (χ1n) is 8.80. The molecule has 0 aliphatic heterocycles. The summed E-state index contributed by atoms with van der Waals surface area (Å²) in [6.07, 6.45) is 0. The van der Waals surface area contributed by atoms with E-state index in [4.69, 9.17) is 5.11 Å². The number of hydrogen-bond donors (Lipinski definition) is 4. The number of aliphatic hydroxyl groups excluding tert-OH is 1. The zero-order chi connectivity index (χ0) is 20.8. The van der Waals surface area contributed by atoms with Gasteiger partial charge in [-0.05, 0) is 48.2 Å². The minimum atomic E-state index is -3.77. The van der Waals surface area contributed by atoms with Crippen molar-refractivity contribution in [1.82, 2.24) is 9.71 Å². The maximum atomic E-state index is 12.4. The summed E-state index contributed by atoms with van der Waals surface area (Å²) in [6, 6.07) is 10.5. The van der Waals surface area contributed by atoms with E-state index in [1.54, 1.807) is 25.1 Å². The van der Waals surface area contributed by atoms with Crippen molar-refractivity contribution in [3.63, 3.8) is 0 Å². The molecule has 29 heavy (non-hydrogen) atoms. The van der Waals surface area contributed by atoms with E-state index in [2.05, 4.69) is 9.71 Å². The molecule has 2 heterocycles. The van der Waals surface area contributed by atoms with Crippen molar-refractivity contribution < 1.29 is 18.6 Å². The summed E-state index contributed by atoms with van der Waals surface area (Å²) >= 11 is 1.32. The molecule has 7 nitrogen and oxygen atoms in total. The predicted molar refractivity (Wildman–Crippen MR) is 114 cm³/mol. The van der Waals surface area contributed by atoms with Crippen molar-refractivity contribution in [3.8, 4) is 16.9 Å². The van der Waals surface area contributed by atoms with Gasteiger partial charge in [-0.25, -0.2) is 13.1 Å². The number of rotatable bonds is 5. The van der Waals surface area contributed by atoms with Crippen molar-refractivity contribution >= 4 is 42.3 Å². The van der Waals surface area contributed by atoms with Crippen LogP contribution in [0.15, 0.2) is 57.5 Å². The highest BCUT2D eigenvalue weighted by Gasteiger charge is 2.19. The Morgan fingerprint density at radius 3 is 2.55 bits per heavy atom. The normalized spacial score (nSPS) is 13.2. The van der Waals surface area contributed by atoms with Crippen LogP contribution < -0.4 is 10.3 Å². The number of phenols is 1. The van der Waals surface area contributed by atoms with E-state index < -0.39 is 16.1 Å². The lowest BCUT2D eigenvalue weighted by Gasteiger charge is -2.13. The monoisotopic (exact) mass is 430 g/mol. The number of aromatic amines is 1. The van der Waals surface area contributed by atoms with Crippen molar-refractivity contribution in [3.05, 3.63) is 58.2 Å². The molecule has 0 spiro atoms. The molecule has 1 atom stereocenters.